The van der Waals surface area contributed by atoms with Crippen LogP contribution >= 0.6 is 0 Å². The summed E-state index contributed by atoms with van der Waals surface area (Å²) in [7, 11) is 1.87. The standard InChI is InChI=1S/C17H20N2O/c1-19(16(20)17(12-18)8-9-17)11-13-6-7-14-4-2-3-5-15(14)10-13/h2-7,10H,8-9,11-12,18H2,1H3. The van der Waals surface area contributed by atoms with Crippen molar-refractivity contribution in [2.24, 2.45) is 11.1 Å². The Morgan fingerprint density at radius 2 is 1.90 bits per heavy atom. The average molecular weight is 268 g/mol. The van der Waals surface area contributed by atoms with Crippen molar-refractivity contribution in [3.05, 3.63) is 48.0 Å². The molecule has 0 unspecified atom stereocenters. The monoisotopic (exact) mass is 268 g/mol. The summed E-state index contributed by atoms with van der Waals surface area (Å²) >= 11 is 0. The lowest BCUT2D eigenvalue weighted by molar-refractivity contribution is -0.135. The zero-order chi connectivity index (χ0) is 14.2. The van der Waals surface area contributed by atoms with Gasteiger partial charge < -0.3 is 10.6 Å². The van der Waals surface area contributed by atoms with Crippen molar-refractivity contribution in [1.29, 1.82) is 0 Å². The van der Waals surface area contributed by atoms with Gasteiger partial charge in [-0.1, -0.05) is 36.4 Å². The van der Waals surface area contributed by atoms with E-state index in [1.807, 2.05) is 24.1 Å². The SMILES string of the molecule is CN(Cc1ccc2ccccc2c1)C(=O)C1(CN)CC1. The highest BCUT2D eigenvalue weighted by Gasteiger charge is 2.49. The molecule has 1 saturated carbocycles. The number of nitrogens with zero attached hydrogens (tertiary/aromatic N) is 1. The molecule has 0 radical (unpaired) electrons. The van der Waals surface area contributed by atoms with Gasteiger partial charge in [-0.05, 0) is 35.2 Å². The van der Waals surface area contributed by atoms with Crippen LogP contribution in [0.5, 0.6) is 0 Å². The summed E-state index contributed by atoms with van der Waals surface area (Å²) in [6.07, 6.45) is 1.87. The molecule has 3 heteroatoms. The Hall–Kier alpha value is -1.87. The first-order valence-corrected chi connectivity index (χ1v) is 7.08. The molecule has 1 aliphatic carbocycles. The molecule has 0 aromatic heterocycles. The van der Waals surface area contributed by atoms with Crippen LogP contribution < -0.4 is 5.73 Å². The summed E-state index contributed by atoms with van der Waals surface area (Å²) in [6, 6.07) is 14.6. The zero-order valence-corrected chi connectivity index (χ0v) is 11.8. The van der Waals surface area contributed by atoms with Crippen molar-refractivity contribution in [2.45, 2.75) is 19.4 Å². The van der Waals surface area contributed by atoms with Gasteiger partial charge >= 0.3 is 0 Å². The van der Waals surface area contributed by atoms with Crippen molar-refractivity contribution in [1.82, 2.24) is 4.90 Å². The van der Waals surface area contributed by atoms with Crippen molar-refractivity contribution < 1.29 is 4.79 Å². The molecule has 0 heterocycles. The number of hydrogen-bond donors (Lipinski definition) is 1. The van der Waals surface area contributed by atoms with Crippen molar-refractivity contribution in [3.63, 3.8) is 0 Å². The molecule has 3 rings (SSSR count). The van der Waals surface area contributed by atoms with E-state index in [2.05, 4.69) is 30.3 Å². The number of rotatable bonds is 4. The fourth-order valence-electron chi connectivity index (χ4n) is 2.74. The van der Waals surface area contributed by atoms with Crippen LogP contribution in [0.2, 0.25) is 0 Å². The van der Waals surface area contributed by atoms with Gasteiger partial charge in [0.25, 0.3) is 0 Å². The second-order valence-electron chi connectivity index (χ2n) is 5.83. The maximum atomic E-state index is 12.4. The fourth-order valence-corrected chi connectivity index (χ4v) is 2.74. The lowest BCUT2D eigenvalue weighted by atomic mass is 10.0. The van der Waals surface area contributed by atoms with Gasteiger partial charge in [-0.25, -0.2) is 0 Å². The Balaban J connectivity index is 1.77. The molecule has 3 nitrogen and oxygen atoms in total. The van der Waals surface area contributed by atoms with Gasteiger partial charge in [-0.2, -0.15) is 0 Å². The molecule has 2 aromatic carbocycles. The molecule has 0 bridgehead atoms. The average Bonchev–Trinajstić information content (AvgIpc) is 3.27. The maximum Gasteiger partial charge on any atom is 0.230 e. The molecule has 1 fully saturated rings. The molecule has 1 aliphatic rings. The Labute approximate surface area is 119 Å². The van der Waals surface area contributed by atoms with Crippen LogP contribution in [0.4, 0.5) is 0 Å². The zero-order valence-electron chi connectivity index (χ0n) is 11.8. The minimum absolute atomic E-state index is 0.188. The van der Waals surface area contributed by atoms with Crippen molar-refractivity contribution in [2.75, 3.05) is 13.6 Å². The first-order chi connectivity index (χ1) is 9.64. The summed E-state index contributed by atoms with van der Waals surface area (Å²) in [4.78, 5) is 14.2. The predicted molar refractivity (Wildman–Crippen MR) is 81.1 cm³/mol. The summed E-state index contributed by atoms with van der Waals surface area (Å²) in [6.45, 7) is 1.11. The maximum absolute atomic E-state index is 12.4. The number of benzene rings is 2. The second kappa shape index (κ2) is 4.91. The molecule has 0 aliphatic heterocycles. The number of amides is 1. The van der Waals surface area contributed by atoms with Crippen LogP contribution in [-0.4, -0.2) is 24.4 Å². The quantitative estimate of drug-likeness (QED) is 0.926. The van der Waals surface area contributed by atoms with Crippen LogP contribution in [0.1, 0.15) is 18.4 Å². The Bertz CT molecular complexity index is 646. The highest BCUT2D eigenvalue weighted by atomic mass is 16.2. The van der Waals surface area contributed by atoms with E-state index in [-0.39, 0.29) is 11.3 Å². The predicted octanol–water partition coefficient (Wildman–Crippen LogP) is 2.54. The number of carbonyl (C=O) groups is 1. The number of fused-ring (bicyclic) bond motifs is 1. The molecule has 2 aromatic rings. The summed E-state index contributed by atoms with van der Waals surface area (Å²) in [5.74, 6) is 0.188. The van der Waals surface area contributed by atoms with Gasteiger partial charge in [-0.3, -0.25) is 4.79 Å². The Kier molecular flexibility index (Phi) is 3.22. The third-order valence-corrected chi connectivity index (χ3v) is 4.28. The summed E-state index contributed by atoms with van der Waals surface area (Å²) in [5.41, 5.74) is 6.63. The van der Waals surface area contributed by atoms with Crippen LogP contribution in [-0.2, 0) is 11.3 Å². The largest absolute Gasteiger partial charge is 0.341 e. The number of carbonyl (C=O) groups excluding carboxylic acids is 1. The van der Waals surface area contributed by atoms with Crippen molar-refractivity contribution >= 4 is 16.7 Å². The molecule has 0 spiro atoms. The van der Waals surface area contributed by atoms with Gasteiger partial charge in [0.1, 0.15) is 0 Å². The van der Waals surface area contributed by atoms with Crippen LogP contribution in [0.25, 0.3) is 10.8 Å². The van der Waals surface area contributed by atoms with E-state index in [9.17, 15) is 4.79 Å². The van der Waals surface area contributed by atoms with Crippen molar-refractivity contribution in [3.8, 4) is 0 Å². The minimum atomic E-state index is -0.258. The molecule has 104 valence electrons. The number of nitrogens with two attached hydrogens (primary N) is 1. The minimum Gasteiger partial charge on any atom is -0.341 e. The highest BCUT2D eigenvalue weighted by Crippen LogP contribution is 2.46. The molecule has 2 N–H and O–H groups in total. The Morgan fingerprint density at radius 1 is 1.20 bits per heavy atom. The normalized spacial score (nSPS) is 16.1. The Morgan fingerprint density at radius 3 is 2.55 bits per heavy atom. The topological polar surface area (TPSA) is 46.3 Å². The van der Waals surface area contributed by atoms with Crippen LogP contribution in [0.3, 0.4) is 0 Å². The van der Waals surface area contributed by atoms with E-state index in [0.29, 0.717) is 13.1 Å². The molecular formula is C17H20N2O. The van der Waals surface area contributed by atoms with E-state index < -0.39 is 0 Å². The van der Waals surface area contributed by atoms with Crippen LogP contribution in [0, 0.1) is 5.41 Å². The van der Waals surface area contributed by atoms with E-state index in [1.54, 1.807) is 0 Å². The summed E-state index contributed by atoms with van der Waals surface area (Å²) < 4.78 is 0. The summed E-state index contributed by atoms with van der Waals surface area (Å²) in [5, 5.41) is 2.44. The van der Waals surface area contributed by atoms with Gasteiger partial charge in [-0.15, -0.1) is 0 Å². The van der Waals surface area contributed by atoms with Gasteiger partial charge in [0.05, 0.1) is 5.41 Å². The highest BCUT2D eigenvalue weighted by molar-refractivity contribution is 5.86. The fraction of sp³-hybridized carbons (Fsp3) is 0.353. The van der Waals surface area contributed by atoms with E-state index >= 15 is 0 Å². The first-order valence-electron chi connectivity index (χ1n) is 7.08. The van der Waals surface area contributed by atoms with Crippen LogP contribution in [0.15, 0.2) is 42.5 Å². The molecule has 20 heavy (non-hydrogen) atoms. The molecule has 0 saturated heterocycles. The first kappa shape index (κ1) is 13.1. The van der Waals surface area contributed by atoms with Gasteiger partial charge in [0.2, 0.25) is 5.91 Å². The van der Waals surface area contributed by atoms with E-state index in [4.69, 9.17) is 5.73 Å². The lowest BCUT2D eigenvalue weighted by Gasteiger charge is -2.22. The molecule has 0 atom stereocenters. The smallest absolute Gasteiger partial charge is 0.230 e. The van der Waals surface area contributed by atoms with E-state index in [0.717, 1.165) is 18.4 Å². The van der Waals surface area contributed by atoms with E-state index in [1.165, 1.54) is 10.8 Å². The second-order valence-corrected chi connectivity index (χ2v) is 5.83. The number of hydrogen-bond acceptors (Lipinski definition) is 2. The lowest BCUT2D eigenvalue weighted by Crippen LogP contribution is -2.37. The third kappa shape index (κ3) is 2.29. The third-order valence-electron chi connectivity index (χ3n) is 4.28. The van der Waals surface area contributed by atoms with Gasteiger partial charge in [0.15, 0.2) is 0 Å². The molecule has 1 amide bonds. The van der Waals surface area contributed by atoms with Gasteiger partial charge in [0, 0.05) is 20.1 Å². The molecular weight excluding hydrogens is 248 g/mol.